The molecule has 0 spiro atoms. The van der Waals surface area contributed by atoms with Crippen LogP contribution in [0.4, 0.5) is 0 Å². The van der Waals surface area contributed by atoms with E-state index in [1.165, 1.54) is 30.6 Å². The van der Waals surface area contributed by atoms with Crippen molar-refractivity contribution in [3.63, 3.8) is 0 Å². The highest BCUT2D eigenvalue weighted by atomic mass is 32.1. The molecule has 2 aromatic rings. The summed E-state index contributed by atoms with van der Waals surface area (Å²) in [6.45, 7) is 7.73. The van der Waals surface area contributed by atoms with Gasteiger partial charge in [0.25, 0.3) is 5.56 Å². The van der Waals surface area contributed by atoms with Crippen LogP contribution in [0.1, 0.15) is 54.2 Å². The number of esters is 1. The zero-order valence-electron chi connectivity index (χ0n) is 14.3. The number of nitrogens with zero attached hydrogens (tertiary/aromatic N) is 2. The Morgan fingerprint density at radius 1 is 1.46 bits per heavy atom. The average Bonchev–Trinajstić information content (AvgIpc) is 2.87. The molecule has 0 aromatic carbocycles. The first-order valence-electron chi connectivity index (χ1n) is 8.44. The van der Waals surface area contributed by atoms with Gasteiger partial charge in [-0.15, -0.1) is 11.3 Å². The molecule has 0 aliphatic carbocycles. The summed E-state index contributed by atoms with van der Waals surface area (Å²) in [5, 5.41) is 0.499. The van der Waals surface area contributed by atoms with Gasteiger partial charge in [-0.05, 0) is 45.7 Å². The lowest BCUT2D eigenvalue weighted by Gasteiger charge is -2.32. The standard InChI is InChI=1S/C17H23N3O3S/c1-4-23-17(22)14-11(3)13-15(21)18-12(19-16(13)24-14)9-20-8-6-5-7-10(20)2/h10H,4-9H2,1-3H3,(H,18,19,21)/t10-/m1/s1. The van der Waals surface area contributed by atoms with E-state index in [9.17, 15) is 9.59 Å². The van der Waals surface area contributed by atoms with Crippen molar-refractivity contribution in [1.29, 1.82) is 0 Å². The van der Waals surface area contributed by atoms with E-state index in [-0.39, 0.29) is 11.5 Å². The summed E-state index contributed by atoms with van der Waals surface area (Å²) < 4.78 is 5.07. The SMILES string of the molecule is CCOC(=O)c1sc2nc(CN3CCCC[C@H]3C)[nH]c(=O)c2c1C. The maximum absolute atomic E-state index is 12.5. The van der Waals surface area contributed by atoms with Gasteiger partial charge < -0.3 is 9.72 Å². The highest BCUT2D eigenvalue weighted by Crippen LogP contribution is 2.28. The minimum Gasteiger partial charge on any atom is -0.462 e. The van der Waals surface area contributed by atoms with Crippen LogP contribution in [-0.2, 0) is 11.3 Å². The number of thiophene rings is 1. The largest absolute Gasteiger partial charge is 0.462 e. The number of nitrogens with one attached hydrogen (secondary N) is 1. The van der Waals surface area contributed by atoms with Crippen molar-refractivity contribution in [3.05, 3.63) is 26.6 Å². The molecule has 0 saturated carbocycles. The van der Waals surface area contributed by atoms with E-state index in [1.807, 2.05) is 0 Å². The number of aryl methyl sites for hydroxylation is 1. The molecule has 1 aliphatic heterocycles. The second kappa shape index (κ2) is 7.03. The Balaban J connectivity index is 1.95. The Morgan fingerprint density at radius 2 is 2.25 bits per heavy atom. The third kappa shape index (κ3) is 3.23. The molecule has 3 heterocycles. The van der Waals surface area contributed by atoms with Crippen molar-refractivity contribution in [1.82, 2.24) is 14.9 Å². The fourth-order valence-electron chi connectivity index (χ4n) is 3.24. The number of carbonyl (C=O) groups is 1. The zero-order valence-corrected chi connectivity index (χ0v) is 15.2. The van der Waals surface area contributed by atoms with Gasteiger partial charge in [-0.25, -0.2) is 9.78 Å². The van der Waals surface area contributed by atoms with E-state index in [0.29, 0.717) is 45.7 Å². The van der Waals surface area contributed by atoms with Crippen molar-refractivity contribution in [3.8, 4) is 0 Å². The molecule has 130 valence electrons. The first kappa shape index (κ1) is 17.1. The lowest BCUT2D eigenvalue weighted by molar-refractivity contribution is 0.0531. The van der Waals surface area contributed by atoms with Crippen LogP contribution in [0.3, 0.4) is 0 Å². The molecule has 1 fully saturated rings. The molecule has 0 unspecified atom stereocenters. The highest BCUT2D eigenvalue weighted by Gasteiger charge is 2.22. The van der Waals surface area contributed by atoms with Gasteiger partial charge in [0.1, 0.15) is 15.5 Å². The van der Waals surface area contributed by atoms with Crippen LogP contribution in [-0.4, -0.2) is 40.0 Å². The van der Waals surface area contributed by atoms with E-state index in [4.69, 9.17) is 4.74 Å². The van der Waals surface area contributed by atoms with Gasteiger partial charge in [-0.2, -0.15) is 0 Å². The number of hydrogen-bond donors (Lipinski definition) is 1. The van der Waals surface area contributed by atoms with Gasteiger partial charge in [-0.1, -0.05) is 6.42 Å². The molecule has 7 heteroatoms. The lowest BCUT2D eigenvalue weighted by Crippen LogP contribution is -2.37. The Labute approximate surface area is 144 Å². The number of fused-ring (bicyclic) bond motifs is 1. The minimum atomic E-state index is -0.386. The number of hydrogen-bond acceptors (Lipinski definition) is 6. The molecular formula is C17H23N3O3S. The van der Waals surface area contributed by atoms with Crippen LogP contribution in [0.2, 0.25) is 0 Å². The Morgan fingerprint density at radius 3 is 2.96 bits per heavy atom. The molecule has 1 N–H and O–H groups in total. The average molecular weight is 349 g/mol. The molecule has 2 aromatic heterocycles. The fraction of sp³-hybridized carbons (Fsp3) is 0.588. The van der Waals surface area contributed by atoms with Crippen LogP contribution in [0.25, 0.3) is 10.2 Å². The van der Waals surface area contributed by atoms with E-state index in [0.717, 1.165) is 6.54 Å². The molecule has 1 saturated heterocycles. The van der Waals surface area contributed by atoms with E-state index < -0.39 is 0 Å². The first-order chi connectivity index (χ1) is 11.5. The third-order valence-electron chi connectivity index (χ3n) is 4.60. The van der Waals surface area contributed by atoms with E-state index in [1.54, 1.807) is 13.8 Å². The smallest absolute Gasteiger partial charge is 0.348 e. The van der Waals surface area contributed by atoms with Gasteiger partial charge >= 0.3 is 5.97 Å². The van der Waals surface area contributed by atoms with Crippen molar-refractivity contribution in [2.45, 2.75) is 52.6 Å². The van der Waals surface area contributed by atoms with Gasteiger partial charge in [0, 0.05) is 6.04 Å². The predicted molar refractivity (Wildman–Crippen MR) is 94.7 cm³/mol. The zero-order chi connectivity index (χ0) is 17.3. The number of H-pyrrole nitrogens is 1. The number of carbonyl (C=O) groups excluding carboxylic acids is 1. The summed E-state index contributed by atoms with van der Waals surface area (Å²) in [5.74, 6) is 0.279. The summed E-state index contributed by atoms with van der Waals surface area (Å²) in [6, 6.07) is 0.500. The summed E-state index contributed by atoms with van der Waals surface area (Å²) in [7, 11) is 0. The molecule has 3 rings (SSSR count). The molecule has 0 amide bonds. The maximum Gasteiger partial charge on any atom is 0.348 e. The molecular weight excluding hydrogens is 326 g/mol. The highest BCUT2D eigenvalue weighted by molar-refractivity contribution is 7.20. The molecule has 1 atom stereocenters. The van der Waals surface area contributed by atoms with Crippen LogP contribution >= 0.6 is 11.3 Å². The molecule has 1 aliphatic rings. The molecule has 0 radical (unpaired) electrons. The van der Waals surface area contributed by atoms with Crippen LogP contribution in [0.15, 0.2) is 4.79 Å². The minimum absolute atomic E-state index is 0.177. The summed E-state index contributed by atoms with van der Waals surface area (Å²) in [4.78, 5) is 35.4. The number of likely N-dealkylation sites (tertiary alicyclic amines) is 1. The Bertz CT molecular complexity index is 811. The van der Waals surface area contributed by atoms with Crippen molar-refractivity contribution in [2.24, 2.45) is 0 Å². The van der Waals surface area contributed by atoms with Gasteiger partial charge in [0.2, 0.25) is 0 Å². The predicted octanol–water partition coefficient (Wildman–Crippen LogP) is 2.84. The lowest BCUT2D eigenvalue weighted by atomic mass is 10.0. The molecule has 24 heavy (non-hydrogen) atoms. The summed E-state index contributed by atoms with van der Waals surface area (Å²) in [6.07, 6.45) is 3.62. The second-order valence-electron chi connectivity index (χ2n) is 6.28. The number of aromatic amines is 1. The maximum atomic E-state index is 12.5. The normalized spacial score (nSPS) is 18.9. The van der Waals surface area contributed by atoms with Crippen molar-refractivity contribution < 1.29 is 9.53 Å². The Hall–Kier alpha value is -1.73. The van der Waals surface area contributed by atoms with Crippen molar-refractivity contribution >= 4 is 27.5 Å². The number of aromatic nitrogens is 2. The number of rotatable bonds is 4. The quantitative estimate of drug-likeness (QED) is 0.859. The summed E-state index contributed by atoms with van der Waals surface area (Å²) >= 11 is 1.24. The summed E-state index contributed by atoms with van der Waals surface area (Å²) in [5.41, 5.74) is 0.476. The van der Waals surface area contributed by atoms with Gasteiger partial charge in [0.05, 0.1) is 18.5 Å². The molecule has 6 nitrogen and oxygen atoms in total. The third-order valence-corrected chi connectivity index (χ3v) is 5.77. The monoisotopic (exact) mass is 349 g/mol. The van der Waals surface area contributed by atoms with Gasteiger partial charge in [-0.3, -0.25) is 9.69 Å². The number of piperidine rings is 1. The fourth-order valence-corrected chi connectivity index (χ4v) is 4.33. The topological polar surface area (TPSA) is 75.3 Å². The Kier molecular flexibility index (Phi) is 5.01. The van der Waals surface area contributed by atoms with Crippen LogP contribution in [0.5, 0.6) is 0 Å². The van der Waals surface area contributed by atoms with E-state index >= 15 is 0 Å². The molecule has 0 bridgehead atoms. The van der Waals surface area contributed by atoms with Gasteiger partial charge in [0.15, 0.2) is 0 Å². The second-order valence-corrected chi connectivity index (χ2v) is 7.28. The first-order valence-corrected chi connectivity index (χ1v) is 9.26. The number of ether oxygens (including phenoxy) is 1. The van der Waals surface area contributed by atoms with Crippen LogP contribution in [0, 0.1) is 6.92 Å². The van der Waals surface area contributed by atoms with Crippen LogP contribution < -0.4 is 5.56 Å². The van der Waals surface area contributed by atoms with Crippen molar-refractivity contribution in [2.75, 3.05) is 13.2 Å². The van der Waals surface area contributed by atoms with E-state index in [2.05, 4.69) is 21.8 Å².